The number of hydrogen-bond acceptors (Lipinski definition) is 3. The smallest absolute Gasteiger partial charge is 0.344 e. The van der Waals surface area contributed by atoms with E-state index in [9.17, 15) is 4.57 Å². The fourth-order valence-electron chi connectivity index (χ4n) is 0.0521. The molecule has 0 heterocycles. The van der Waals surface area contributed by atoms with E-state index in [0.717, 1.165) is 0 Å². The van der Waals surface area contributed by atoms with Gasteiger partial charge in [-0.15, -0.1) is 0 Å². The number of rotatable bonds is 1. The molecule has 0 aliphatic carbocycles. The van der Waals surface area contributed by atoms with Crippen LogP contribution in [0.15, 0.2) is 4.88 Å². The minimum Gasteiger partial charge on any atom is -0.344 e. The van der Waals surface area contributed by atoms with Crippen molar-refractivity contribution >= 4 is 7.75 Å². The van der Waals surface area contributed by atoms with Crippen LogP contribution in [-0.2, 0) is 4.57 Å². The summed E-state index contributed by atoms with van der Waals surface area (Å²) in [5.74, 6) is 0. The van der Waals surface area contributed by atoms with Gasteiger partial charge in [0.25, 0.3) is 0 Å². The summed E-state index contributed by atoms with van der Waals surface area (Å²) in [6, 6.07) is 0. The molecule has 0 amide bonds. The molecule has 0 spiro atoms. The third-order valence-electron chi connectivity index (χ3n) is 0.157. The van der Waals surface area contributed by atoms with Crippen molar-refractivity contribution in [3.05, 3.63) is 10.4 Å². The molecule has 0 aromatic heterocycles. The Hall–Kier alpha value is -0.620. The molecule has 56 valence electrons. The fourth-order valence-corrected chi connectivity index (χ4v) is 0.156. The summed E-state index contributed by atoms with van der Waals surface area (Å²) in [6.07, 6.45) is 0. The van der Waals surface area contributed by atoms with Gasteiger partial charge < -0.3 is 22.1 Å². The second-order valence-corrected chi connectivity index (χ2v) is 1.90. The van der Waals surface area contributed by atoms with Crippen molar-refractivity contribution in [2.45, 2.75) is 0 Å². The summed E-state index contributed by atoms with van der Waals surface area (Å²) >= 11 is 0. The second-order valence-electron chi connectivity index (χ2n) is 0.692. The van der Waals surface area contributed by atoms with Crippen LogP contribution in [-0.4, -0.2) is 9.79 Å². The first-order valence-electron chi connectivity index (χ1n) is 1.18. The third-order valence-corrected chi connectivity index (χ3v) is 0.470. The molecule has 0 rings (SSSR count). The quantitative estimate of drug-likeness (QED) is 0.189. The topological polar surface area (TPSA) is 176 Å². The Balaban J connectivity index is -0.000000180. The zero-order valence-corrected chi connectivity index (χ0v) is 5.40. The summed E-state index contributed by atoms with van der Waals surface area (Å²) in [7, 11) is -4.46. The Morgan fingerprint density at radius 3 is 1.78 bits per heavy atom. The predicted octanol–water partition coefficient (Wildman–Crippen LogP) is 0.713. The lowest BCUT2D eigenvalue weighted by atomic mass is 13.0. The van der Waals surface area contributed by atoms with Crippen LogP contribution in [0.25, 0.3) is 10.4 Å². The highest BCUT2D eigenvalue weighted by Crippen LogP contribution is 2.35. The molecule has 0 aliphatic rings. The Morgan fingerprint density at radius 1 is 1.44 bits per heavy atom. The van der Waals surface area contributed by atoms with Crippen molar-refractivity contribution in [2.24, 2.45) is 4.88 Å². The van der Waals surface area contributed by atoms with Crippen LogP contribution >= 0.6 is 7.75 Å². The maximum Gasteiger partial charge on any atom is 0.415 e. The molecule has 9 heavy (non-hydrogen) atoms. The van der Waals surface area contributed by atoms with Gasteiger partial charge in [-0.05, 0) is 5.53 Å². The van der Waals surface area contributed by atoms with Gasteiger partial charge in [0.15, 0.2) is 0 Å². The molecule has 0 unspecified atom stereocenters. The van der Waals surface area contributed by atoms with E-state index in [1.807, 2.05) is 4.91 Å². The normalized spacial score (nSPS) is 7.78. The van der Waals surface area contributed by atoms with Gasteiger partial charge >= 0.3 is 7.75 Å². The predicted molar refractivity (Wildman–Crippen MR) is 31.2 cm³/mol. The number of azide groups is 1. The van der Waals surface area contributed by atoms with Crippen molar-refractivity contribution < 1.29 is 14.4 Å². The minimum absolute atomic E-state index is 0. The summed E-state index contributed by atoms with van der Waals surface area (Å²) in [6.45, 7) is 0. The van der Waals surface area contributed by atoms with Gasteiger partial charge in [0, 0.05) is 9.80 Å². The first-order chi connectivity index (χ1) is 3.06. The highest BCUT2D eigenvalue weighted by atomic mass is 31.2. The third kappa shape index (κ3) is 18.7. The SMILES string of the molecule is N.N.[N-]=[N+]=NP(=O)(O)O. The Kier molecular flexibility index (Phi) is 9.66. The van der Waals surface area contributed by atoms with E-state index >= 15 is 0 Å². The van der Waals surface area contributed by atoms with E-state index in [2.05, 4.69) is 4.88 Å². The first-order valence-corrected chi connectivity index (χ1v) is 2.75. The van der Waals surface area contributed by atoms with Crippen molar-refractivity contribution in [1.82, 2.24) is 12.3 Å². The van der Waals surface area contributed by atoms with Crippen LogP contribution in [0, 0.1) is 0 Å². The maximum absolute atomic E-state index is 9.51. The second kappa shape index (κ2) is 5.52. The molecule has 0 saturated carbocycles. The molecular formula is H8N5O3P. The van der Waals surface area contributed by atoms with Crippen LogP contribution in [0.1, 0.15) is 0 Å². The van der Waals surface area contributed by atoms with E-state index in [1.54, 1.807) is 0 Å². The van der Waals surface area contributed by atoms with Gasteiger partial charge in [-0.2, -0.15) is 0 Å². The van der Waals surface area contributed by atoms with Crippen molar-refractivity contribution in [3.63, 3.8) is 0 Å². The van der Waals surface area contributed by atoms with E-state index in [1.165, 1.54) is 0 Å². The average Bonchev–Trinajstić information content (AvgIpc) is 1.30. The first kappa shape index (κ1) is 15.8. The monoisotopic (exact) mass is 157 g/mol. The standard InChI is InChI=1S/H2N3O3P.2H3N/c1-2-3-7(4,5)6;;/h(H2,4,5,6);2*1H3. The largest absolute Gasteiger partial charge is 0.415 e. The van der Waals surface area contributed by atoms with Gasteiger partial charge in [0.2, 0.25) is 0 Å². The van der Waals surface area contributed by atoms with E-state index in [-0.39, 0.29) is 12.3 Å². The molecule has 0 radical (unpaired) electrons. The molecule has 0 atom stereocenters. The zero-order valence-electron chi connectivity index (χ0n) is 4.51. The molecule has 0 aromatic rings. The van der Waals surface area contributed by atoms with Crippen LogP contribution in [0.4, 0.5) is 0 Å². The van der Waals surface area contributed by atoms with E-state index < -0.39 is 7.75 Å². The van der Waals surface area contributed by atoms with Gasteiger partial charge in [-0.1, -0.05) is 0 Å². The molecule has 0 saturated heterocycles. The molecule has 8 N–H and O–H groups in total. The van der Waals surface area contributed by atoms with Crippen molar-refractivity contribution in [1.29, 1.82) is 0 Å². The fraction of sp³-hybridized carbons (Fsp3) is 0. The molecule has 0 aromatic carbocycles. The lowest BCUT2D eigenvalue weighted by Gasteiger charge is -1.85. The molecule has 0 bridgehead atoms. The van der Waals surface area contributed by atoms with Crippen LogP contribution in [0.5, 0.6) is 0 Å². The Morgan fingerprint density at radius 2 is 1.78 bits per heavy atom. The lowest BCUT2D eigenvalue weighted by Crippen LogP contribution is -1.63. The number of nitrogens with zero attached hydrogens (tertiary/aromatic N) is 3. The Bertz CT molecular complexity index is 140. The molecule has 0 fully saturated rings. The van der Waals surface area contributed by atoms with Gasteiger partial charge in [-0.25, -0.2) is 0 Å². The van der Waals surface area contributed by atoms with E-state index in [0.29, 0.717) is 0 Å². The van der Waals surface area contributed by atoms with Crippen LogP contribution in [0.2, 0.25) is 0 Å². The molecular weight excluding hydrogens is 149 g/mol. The highest BCUT2D eigenvalue weighted by molar-refractivity contribution is 7.50. The van der Waals surface area contributed by atoms with Crippen molar-refractivity contribution in [3.8, 4) is 0 Å². The summed E-state index contributed by atoms with van der Waals surface area (Å²) in [4.78, 5) is 19.4. The average molecular weight is 157 g/mol. The van der Waals surface area contributed by atoms with Gasteiger partial charge in [-0.3, -0.25) is 4.57 Å². The lowest BCUT2D eigenvalue weighted by molar-refractivity contribution is 0.374. The molecule has 8 nitrogen and oxygen atoms in total. The van der Waals surface area contributed by atoms with Crippen LogP contribution < -0.4 is 12.3 Å². The van der Waals surface area contributed by atoms with Gasteiger partial charge in [0.1, 0.15) is 0 Å². The van der Waals surface area contributed by atoms with E-state index in [4.69, 9.17) is 15.3 Å². The summed E-state index contributed by atoms with van der Waals surface area (Å²) < 4.78 is 9.51. The Labute approximate surface area is 50.9 Å². The molecule has 9 heteroatoms. The summed E-state index contributed by atoms with van der Waals surface area (Å²) in [5.41, 5.74) is 7.37. The molecule has 0 aliphatic heterocycles. The summed E-state index contributed by atoms with van der Waals surface area (Å²) in [5, 5.41) is 0. The van der Waals surface area contributed by atoms with Crippen molar-refractivity contribution in [2.75, 3.05) is 0 Å². The highest BCUT2D eigenvalue weighted by Gasteiger charge is 2.05. The van der Waals surface area contributed by atoms with Crippen LogP contribution in [0.3, 0.4) is 0 Å². The number of hydrogen-bond donors (Lipinski definition) is 4. The zero-order chi connectivity index (χ0) is 5.91. The maximum atomic E-state index is 9.51. The minimum atomic E-state index is -4.46. The van der Waals surface area contributed by atoms with Gasteiger partial charge in [0.05, 0.1) is 0 Å².